The number of phenolic OH excluding ortho intramolecular Hbond substituents is 1. The number of rotatable bonds is 5. The summed E-state index contributed by atoms with van der Waals surface area (Å²) in [6, 6.07) is 15.8. The Kier molecular flexibility index (Phi) is 7.08. The van der Waals surface area contributed by atoms with E-state index >= 15 is 0 Å². The van der Waals surface area contributed by atoms with Crippen molar-refractivity contribution >= 4 is 34.5 Å². The van der Waals surface area contributed by atoms with Gasteiger partial charge < -0.3 is 10.2 Å². The predicted octanol–water partition coefficient (Wildman–Crippen LogP) is 4.48. The Bertz CT molecular complexity index is 1160. The van der Waals surface area contributed by atoms with Gasteiger partial charge >= 0.3 is 0 Å². The van der Waals surface area contributed by atoms with Crippen LogP contribution >= 0.6 is 11.6 Å². The van der Waals surface area contributed by atoms with Crippen molar-refractivity contribution in [2.75, 3.05) is 0 Å². The second-order valence-electron chi connectivity index (χ2n) is 6.68. The van der Waals surface area contributed by atoms with Gasteiger partial charge in [-0.15, -0.1) is 0 Å². The zero-order valence-corrected chi connectivity index (χ0v) is 17.1. The fourth-order valence-corrected chi connectivity index (χ4v) is 3.01. The number of carbonyl (C=O) groups excluding carboxylic acids is 1. The van der Waals surface area contributed by atoms with Crippen LogP contribution in [-0.2, 0) is 0 Å². The van der Waals surface area contributed by atoms with Crippen LogP contribution in [0.4, 0.5) is 0 Å². The number of aliphatic hydroxyl groups is 1. The first-order valence-electron chi connectivity index (χ1n) is 9.50. The molecule has 0 saturated carbocycles. The van der Waals surface area contributed by atoms with E-state index in [1.54, 1.807) is 6.21 Å². The van der Waals surface area contributed by atoms with E-state index in [-0.39, 0.29) is 10.8 Å². The molecule has 30 heavy (non-hydrogen) atoms. The molecule has 3 N–H and O–H groups in total. The molecule has 0 aliphatic heterocycles. The molecule has 5 nitrogen and oxygen atoms in total. The normalized spacial score (nSPS) is 11.8. The highest BCUT2D eigenvalue weighted by Crippen LogP contribution is 2.24. The molecule has 6 heteroatoms. The maximum Gasteiger partial charge on any atom is 0.271 e. The number of carbonyl (C=O) groups is 1. The molecular formula is C24H21ClN2O3. The smallest absolute Gasteiger partial charge is 0.271 e. The Morgan fingerprint density at radius 2 is 1.97 bits per heavy atom. The lowest BCUT2D eigenvalue weighted by atomic mass is 10.00. The van der Waals surface area contributed by atoms with Crippen LogP contribution < -0.4 is 5.43 Å². The average Bonchev–Trinajstić information content (AvgIpc) is 2.76. The summed E-state index contributed by atoms with van der Waals surface area (Å²) in [7, 11) is 0. The number of hydrazone groups is 1. The number of fused-ring (bicyclic) bond motifs is 1. The van der Waals surface area contributed by atoms with Gasteiger partial charge in [-0.3, -0.25) is 4.79 Å². The van der Waals surface area contributed by atoms with Crippen LogP contribution in [0.3, 0.4) is 0 Å². The summed E-state index contributed by atoms with van der Waals surface area (Å²) in [5.41, 5.74) is 4.45. The summed E-state index contributed by atoms with van der Waals surface area (Å²) in [6.45, 7) is 1.92. The number of amides is 1. The molecule has 1 unspecified atom stereocenters. The average molecular weight is 421 g/mol. The number of hydrogen-bond donors (Lipinski definition) is 3. The minimum absolute atomic E-state index is 0.0874. The molecule has 0 aromatic heterocycles. The number of benzene rings is 3. The van der Waals surface area contributed by atoms with E-state index in [9.17, 15) is 15.0 Å². The van der Waals surface area contributed by atoms with Crippen molar-refractivity contribution in [3.8, 4) is 17.6 Å². The van der Waals surface area contributed by atoms with Crippen molar-refractivity contribution in [3.63, 3.8) is 0 Å². The molecule has 3 rings (SSSR count). The lowest BCUT2D eigenvalue weighted by molar-refractivity contribution is 0.0955. The molecule has 0 aliphatic rings. The van der Waals surface area contributed by atoms with Gasteiger partial charge in [-0.1, -0.05) is 60.7 Å². The molecule has 0 heterocycles. The third-order valence-corrected chi connectivity index (χ3v) is 4.87. The molecule has 0 aliphatic carbocycles. The molecule has 152 valence electrons. The molecule has 0 bridgehead atoms. The number of phenols is 1. The van der Waals surface area contributed by atoms with Crippen molar-refractivity contribution in [1.82, 2.24) is 5.43 Å². The number of nitrogens with zero attached hydrogens (tertiary/aromatic N) is 1. The van der Waals surface area contributed by atoms with Crippen LogP contribution in [0, 0.1) is 11.8 Å². The fourth-order valence-electron chi connectivity index (χ4n) is 2.83. The molecule has 3 aromatic rings. The first kappa shape index (κ1) is 21.4. The third kappa shape index (κ3) is 5.18. The summed E-state index contributed by atoms with van der Waals surface area (Å²) < 4.78 is 0. The topological polar surface area (TPSA) is 81.9 Å². The number of aromatic hydroxyl groups is 1. The molecule has 0 radical (unpaired) electrons. The molecule has 1 atom stereocenters. The van der Waals surface area contributed by atoms with E-state index in [4.69, 9.17) is 11.6 Å². The monoisotopic (exact) mass is 420 g/mol. The van der Waals surface area contributed by atoms with Gasteiger partial charge in [-0.05, 0) is 41.5 Å². The zero-order valence-electron chi connectivity index (χ0n) is 16.4. The first-order chi connectivity index (χ1) is 14.5. The van der Waals surface area contributed by atoms with Gasteiger partial charge in [0.25, 0.3) is 5.91 Å². The van der Waals surface area contributed by atoms with Gasteiger partial charge in [-0.2, -0.15) is 5.10 Å². The lowest BCUT2D eigenvalue weighted by Crippen LogP contribution is -2.17. The molecule has 0 saturated heterocycles. The number of halogens is 1. The summed E-state index contributed by atoms with van der Waals surface area (Å²) in [5, 5.41) is 25.2. The van der Waals surface area contributed by atoms with Crippen molar-refractivity contribution in [2.45, 2.75) is 25.9 Å². The Labute approximate surface area is 180 Å². The predicted molar refractivity (Wildman–Crippen MR) is 120 cm³/mol. The Balaban J connectivity index is 1.80. The fraction of sp³-hybridized carbons (Fsp3) is 0.167. The highest BCUT2D eigenvalue weighted by atomic mass is 35.5. The van der Waals surface area contributed by atoms with E-state index in [2.05, 4.69) is 22.4 Å². The quantitative estimate of drug-likeness (QED) is 0.323. The molecular weight excluding hydrogens is 400 g/mol. The summed E-state index contributed by atoms with van der Waals surface area (Å²) in [5.74, 6) is 5.63. The van der Waals surface area contributed by atoms with Crippen LogP contribution in [0.1, 0.15) is 41.3 Å². The van der Waals surface area contributed by atoms with Gasteiger partial charge in [-0.25, -0.2) is 5.43 Å². The van der Waals surface area contributed by atoms with Crippen LogP contribution in [-0.4, -0.2) is 28.4 Å². The Morgan fingerprint density at radius 3 is 2.70 bits per heavy atom. The highest BCUT2D eigenvalue weighted by Gasteiger charge is 2.08. The van der Waals surface area contributed by atoms with Gasteiger partial charge in [0.2, 0.25) is 0 Å². The van der Waals surface area contributed by atoms with Gasteiger partial charge in [0.15, 0.2) is 0 Å². The number of aliphatic hydroxyl groups excluding tert-OH is 1. The van der Waals surface area contributed by atoms with E-state index in [1.807, 2.05) is 43.3 Å². The van der Waals surface area contributed by atoms with Crippen LogP contribution in [0.5, 0.6) is 5.75 Å². The summed E-state index contributed by atoms with van der Waals surface area (Å²) in [6.07, 6.45) is 2.26. The van der Waals surface area contributed by atoms with Crippen LogP contribution in [0.2, 0.25) is 5.02 Å². The van der Waals surface area contributed by atoms with E-state index in [1.165, 1.54) is 18.2 Å². The van der Waals surface area contributed by atoms with Gasteiger partial charge in [0.1, 0.15) is 5.75 Å². The highest BCUT2D eigenvalue weighted by molar-refractivity contribution is 6.32. The molecule has 3 aromatic carbocycles. The minimum Gasteiger partial charge on any atom is -0.506 e. The Morgan fingerprint density at radius 1 is 1.20 bits per heavy atom. The first-order valence-corrected chi connectivity index (χ1v) is 9.88. The van der Waals surface area contributed by atoms with Gasteiger partial charge in [0.05, 0.1) is 17.3 Å². The molecule has 0 spiro atoms. The van der Waals surface area contributed by atoms with Crippen molar-refractivity contribution in [2.24, 2.45) is 5.10 Å². The Hall–Kier alpha value is -3.33. The largest absolute Gasteiger partial charge is 0.506 e. The van der Waals surface area contributed by atoms with E-state index in [0.29, 0.717) is 18.4 Å². The van der Waals surface area contributed by atoms with Crippen molar-refractivity contribution in [3.05, 3.63) is 76.3 Å². The van der Waals surface area contributed by atoms with Crippen LogP contribution in [0.15, 0.2) is 59.7 Å². The maximum atomic E-state index is 12.2. The van der Waals surface area contributed by atoms with E-state index in [0.717, 1.165) is 21.9 Å². The number of nitrogens with one attached hydrogen (secondary N) is 1. The summed E-state index contributed by atoms with van der Waals surface area (Å²) >= 11 is 5.84. The zero-order chi connectivity index (χ0) is 21.5. The van der Waals surface area contributed by atoms with E-state index < -0.39 is 12.0 Å². The third-order valence-electron chi connectivity index (χ3n) is 4.57. The standard InChI is InChI=1S/C24H21ClN2O3/c1-2-19(28)7-5-6-16-10-11-18(21-9-4-3-8-20(16)21)15-26-27-24(30)17-12-13-23(29)22(25)14-17/h3-4,8-15,19,28-29H,2,7H2,1H3,(H,27,30). The molecule has 0 fully saturated rings. The van der Waals surface area contributed by atoms with Gasteiger partial charge in [0, 0.05) is 23.1 Å². The lowest BCUT2D eigenvalue weighted by Gasteiger charge is -2.05. The number of hydrogen-bond acceptors (Lipinski definition) is 4. The minimum atomic E-state index is -0.436. The second-order valence-corrected chi connectivity index (χ2v) is 7.09. The maximum absolute atomic E-state index is 12.2. The van der Waals surface area contributed by atoms with Crippen LogP contribution in [0.25, 0.3) is 10.8 Å². The molecule has 1 amide bonds. The second kappa shape index (κ2) is 9.93. The van der Waals surface area contributed by atoms with Crippen molar-refractivity contribution in [1.29, 1.82) is 0 Å². The SMILES string of the molecule is CCC(O)CC#Cc1ccc(C=NNC(=O)c2ccc(O)c(Cl)c2)c2ccccc12. The van der Waals surface area contributed by atoms with Crippen molar-refractivity contribution < 1.29 is 15.0 Å². The summed E-state index contributed by atoms with van der Waals surface area (Å²) in [4.78, 5) is 12.2.